The Kier molecular flexibility index (Phi) is 14.8. The number of benzene rings is 4. The predicted molar refractivity (Wildman–Crippen MR) is 227 cm³/mol. The molecule has 1 aromatic heterocycles. The van der Waals surface area contributed by atoms with E-state index < -0.39 is 0 Å². The molecule has 1 aliphatic rings. The second-order valence-corrected chi connectivity index (χ2v) is 14.0. The Hall–Kier alpha value is -5.55. The number of rotatable bonds is 20. The van der Waals surface area contributed by atoms with Crippen molar-refractivity contribution in [3.05, 3.63) is 150 Å². The fourth-order valence-electron chi connectivity index (χ4n) is 6.35. The molecule has 0 spiro atoms. The lowest BCUT2D eigenvalue weighted by atomic mass is 10.0. The van der Waals surface area contributed by atoms with Crippen molar-refractivity contribution in [2.45, 2.75) is 78.6 Å². The largest absolute Gasteiger partial charge is 0.494 e. The van der Waals surface area contributed by atoms with Gasteiger partial charge in [0.1, 0.15) is 28.8 Å². The fourth-order valence-corrected chi connectivity index (χ4v) is 6.35. The zero-order chi connectivity index (χ0) is 38.1. The first-order chi connectivity index (χ1) is 27.1. The molecule has 0 fully saturated rings. The third-order valence-corrected chi connectivity index (χ3v) is 9.49. The smallest absolute Gasteiger partial charge is 0.361 e. The molecule has 2 heterocycles. The van der Waals surface area contributed by atoms with E-state index in [1.54, 1.807) is 0 Å². The highest BCUT2D eigenvalue weighted by molar-refractivity contribution is 5.81. The van der Waals surface area contributed by atoms with Crippen LogP contribution in [0.25, 0.3) is 40.2 Å². The third kappa shape index (κ3) is 11.7. The van der Waals surface area contributed by atoms with E-state index in [1.807, 2.05) is 54.6 Å². The summed E-state index contributed by atoms with van der Waals surface area (Å²) in [6, 6.07) is 39.0. The molecule has 284 valence electrons. The summed E-state index contributed by atoms with van der Waals surface area (Å²) in [7, 11) is 0. The van der Waals surface area contributed by atoms with Crippen molar-refractivity contribution in [1.29, 1.82) is 0 Å². The number of unbranched alkanes of at least 4 members (excludes halogenated alkanes) is 6. The quantitative estimate of drug-likeness (QED) is 0.0588. The molecule has 6 rings (SSSR count). The van der Waals surface area contributed by atoms with Crippen molar-refractivity contribution in [2.75, 3.05) is 19.8 Å². The molecule has 0 atom stereocenters. The molecule has 5 aromatic rings. The van der Waals surface area contributed by atoms with Gasteiger partial charge in [-0.3, -0.25) is 0 Å². The maximum absolute atomic E-state index is 6.64. The van der Waals surface area contributed by atoms with Gasteiger partial charge in [-0.15, -0.1) is 0 Å². The lowest BCUT2D eigenvalue weighted by molar-refractivity contribution is 0.306. The van der Waals surface area contributed by atoms with Gasteiger partial charge in [0.05, 0.1) is 43.1 Å². The molecular formula is C50H55O5+. The summed E-state index contributed by atoms with van der Waals surface area (Å²) in [6.45, 7) is 8.77. The lowest BCUT2D eigenvalue weighted by Crippen LogP contribution is -2.00. The summed E-state index contributed by atoms with van der Waals surface area (Å²) in [6.07, 6.45) is 16.6. The number of allylic oxidation sites excluding steroid dienone is 3. The molecule has 5 nitrogen and oxygen atoms in total. The van der Waals surface area contributed by atoms with Crippen molar-refractivity contribution < 1.29 is 23.4 Å². The van der Waals surface area contributed by atoms with Crippen LogP contribution in [0.5, 0.6) is 17.2 Å². The van der Waals surface area contributed by atoms with Crippen LogP contribution in [0.15, 0.2) is 137 Å². The Morgan fingerprint density at radius 2 is 0.873 bits per heavy atom. The first-order valence-corrected chi connectivity index (χ1v) is 20.2. The van der Waals surface area contributed by atoms with Gasteiger partial charge in [0.25, 0.3) is 0 Å². The van der Waals surface area contributed by atoms with Crippen molar-refractivity contribution in [2.24, 2.45) is 0 Å². The van der Waals surface area contributed by atoms with Crippen LogP contribution >= 0.6 is 0 Å². The molecule has 0 aliphatic carbocycles. The van der Waals surface area contributed by atoms with Crippen LogP contribution < -0.4 is 14.2 Å². The van der Waals surface area contributed by atoms with E-state index in [1.165, 1.54) is 38.5 Å². The summed E-state index contributed by atoms with van der Waals surface area (Å²) in [5, 5.41) is 0. The van der Waals surface area contributed by atoms with Gasteiger partial charge in [-0.1, -0.05) is 89.6 Å². The van der Waals surface area contributed by atoms with Crippen LogP contribution in [0.4, 0.5) is 0 Å². The van der Waals surface area contributed by atoms with Crippen molar-refractivity contribution in [3.8, 4) is 39.9 Å². The Labute approximate surface area is 328 Å². The number of ether oxygens (including phenoxy) is 4. The third-order valence-electron chi connectivity index (χ3n) is 9.49. The van der Waals surface area contributed by atoms with Crippen LogP contribution in [0.3, 0.4) is 0 Å². The molecule has 0 radical (unpaired) electrons. The van der Waals surface area contributed by atoms with Crippen molar-refractivity contribution >= 4 is 17.6 Å². The molecule has 0 bridgehead atoms. The van der Waals surface area contributed by atoms with Crippen LogP contribution in [-0.2, 0) is 4.74 Å². The molecule has 5 heteroatoms. The van der Waals surface area contributed by atoms with Crippen LogP contribution in [-0.4, -0.2) is 19.8 Å². The average Bonchev–Trinajstić information content (AvgIpc) is 3.23. The molecule has 55 heavy (non-hydrogen) atoms. The minimum Gasteiger partial charge on any atom is -0.494 e. The molecule has 0 amide bonds. The van der Waals surface area contributed by atoms with Crippen LogP contribution in [0, 0.1) is 0 Å². The zero-order valence-corrected chi connectivity index (χ0v) is 32.7. The monoisotopic (exact) mass is 735 g/mol. The summed E-state index contributed by atoms with van der Waals surface area (Å²) in [5.74, 6) is 5.68. The Morgan fingerprint density at radius 3 is 1.29 bits per heavy atom. The van der Waals surface area contributed by atoms with Gasteiger partial charge < -0.3 is 18.9 Å². The average molecular weight is 736 g/mol. The van der Waals surface area contributed by atoms with E-state index in [0.717, 1.165) is 113 Å². The molecule has 0 N–H and O–H groups in total. The highest BCUT2D eigenvalue weighted by Crippen LogP contribution is 2.36. The zero-order valence-electron chi connectivity index (χ0n) is 32.7. The van der Waals surface area contributed by atoms with Gasteiger partial charge in [-0.05, 0) is 121 Å². The summed E-state index contributed by atoms with van der Waals surface area (Å²) in [4.78, 5) is 0. The first-order valence-electron chi connectivity index (χ1n) is 20.2. The SMILES string of the molecule is CCCCCOc1ccc(C2=CC(=Cc3cc(-c4ccc(OCCCCC)cc4)[o+]c(-c4ccc(OCCCCC)cc4)c3)C=C(c3ccccc3)O2)cc1. The summed E-state index contributed by atoms with van der Waals surface area (Å²) >= 11 is 0. The van der Waals surface area contributed by atoms with Crippen molar-refractivity contribution in [1.82, 2.24) is 0 Å². The topological polar surface area (TPSA) is 48.2 Å². The Morgan fingerprint density at radius 1 is 0.473 bits per heavy atom. The fraction of sp³-hybridized carbons (Fsp3) is 0.300. The first kappa shape index (κ1) is 39.2. The van der Waals surface area contributed by atoms with Crippen LogP contribution in [0.2, 0.25) is 0 Å². The van der Waals surface area contributed by atoms with E-state index in [4.69, 9.17) is 23.4 Å². The summed E-state index contributed by atoms with van der Waals surface area (Å²) < 4.78 is 31.2. The standard InChI is InChI=1S/C50H55O5/c1-4-7-13-30-51-44-24-18-41(19-25-44)48-35-38(34-47(54-48)40-16-11-10-12-17-40)33-39-36-49(42-20-26-45(27-21-42)52-31-14-8-5-2)55-50(37-39)43-22-28-46(29-23-43)53-32-15-9-6-3/h10-12,16-29,33-37H,4-9,13-15,30-32H2,1-3H3/q+1. The maximum Gasteiger partial charge on any atom is 0.361 e. The minimum atomic E-state index is 0.720. The van der Waals surface area contributed by atoms with Gasteiger partial charge >= 0.3 is 11.5 Å². The molecule has 1 aliphatic heterocycles. The van der Waals surface area contributed by atoms with Crippen molar-refractivity contribution in [3.63, 3.8) is 0 Å². The highest BCUT2D eigenvalue weighted by Gasteiger charge is 2.21. The Balaban J connectivity index is 1.34. The molecule has 0 saturated carbocycles. The highest BCUT2D eigenvalue weighted by atomic mass is 16.5. The summed E-state index contributed by atoms with van der Waals surface area (Å²) in [5.41, 5.74) is 5.94. The van der Waals surface area contributed by atoms with Gasteiger partial charge in [0, 0.05) is 11.1 Å². The van der Waals surface area contributed by atoms with E-state index in [2.05, 4.69) is 99.7 Å². The second kappa shape index (κ2) is 20.8. The van der Waals surface area contributed by atoms with E-state index in [-0.39, 0.29) is 0 Å². The molecular weight excluding hydrogens is 681 g/mol. The van der Waals surface area contributed by atoms with Gasteiger partial charge in [-0.2, -0.15) is 0 Å². The number of hydrogen-bond acceptors (Lipinski definition) is 4. The van der Waals surface area contributed by atoms with Gasteiger partial charge in [0.2, 0.25) is 0 Å². The second-order valence-electron chi connectivity index (χ2n) is 14.0. The predicted octanol–water partition coefficient (Wildman–Crippen LogP) is 14.1. The number of hydrogen-bond donors (Lipinski definition) is 0. The minimum absolute atomic E-state index is 0.720. The Bertz CT molecular complexity index is 1930. The molecule has 0 saturated heterocycles. The van der Waals surface area contributed by atoms with E-state index in [0.29, 0.717) is 0 Å². The normalized spacial score (nSPS) is 13.2. The van der Waals surface area contributed by atoms with Gasteiger partial charge in [0.15, 0.2) is 0 Å². The van der Waals surface area contributed by atoms with Gasteiger partial charge in [-0.25, -0.2) is 4.42 Å². The lowest BCUT2D eigenvalue weighted by Gasteiger charge is -2.19. The maximum atomic E-state index is 6.64. The van der Waals surface area contributed by atoms with Crippen LogP contribution in [0.1, 0.15) is 95.2 Å². The molecule has 0 unspecified atom stereocenters. The van der Waals surface area contributed by atoms with E-state index in [9.17, 15) is 0 Å². The molecule has 4 aromatic carbocycles. The van der Waals surface area contributed by atoms with E-state index >= 15 is 0 Å².